The van der Waals surface area contributed by atoms with Gasteiger partial charge >= 0.3 is 0 Å². The van der Waals surface area contributed by atoms with E-state index in [4.69, 9.17) is 9.90 Å². The smallest absolute Gasteiger partial charge is 0.300 e. The van der Waals surface area contributed by atoms with Crippen molar-refractivity contribution in [2.45, 2.75) is 26.2 Å². The second-order valence-corrected chi connectivity index (χ2v) is 4.88. The van der Waals surface area contributed by atoms with Gasteiger partial charge in [0.2, 0.25) is 0 Å². The molecule has 0 saturated heterocycles. The minimum atomic E-state index is -0.833. The average molecular weight is 305 g/mol. The lowest BCUT2D eigenvalue weighted by Crippen LogP contribution is -1.97. The molecule has 1 unspecified atom stereocenters. The minimum absolute atomic E-state index is 0. The van der Waals surface area contributed by atoms with E-state index < -0.39 is 5.97 Å². The summed E-state index contributed by atoms with van der Waals surface area (Å²) in [5.41, 5.74) is 2.40. The lowest BCUT2D eigenvalue weighted by Gasteiger charge is -2.12. The van der Waals surface area contributed by atoms with E-state index in [2.05, 4.69) is 6.92 Å². The van der Waals surface area contributed by atoms with Crippen molar-refractivity contribution < 1.29 is 20.1 Å². The van der Waals surface area contributed by atoms with Crippen LogP contribution in [0.4, 0.5) is 0 Å². The first-order chi connectivity index (χ1) is 9.88. The second-order valence-electron chi connectivity index (χ2n) is 4.88. The van der Waals surface area contributed by atoms with Gasteiger partial charge in [-0.05, 0) is 47.7 Å². The van der Waals surface area contributed by atoms with E-state index in [1.54, 1.807) is 24.3 Å². The van der Waals surface area contributed by atoms with Crippen LogP contribution in [0.15, 0.2) is 48.5 Å². The summed E-state index contributed by atoms with van der Waals surface area (Å²) >= 11 is 0. The van der Waals surface area contributed by atoms with Crippen LogP contribution in [0.2, 0.25) is 0 Å². The fourth-order valence-electron chi connectivity index (χ4n) is 1.91. The zero-order chi connectivity index (χ0) is 15.8. The molecule has 0 saturated carbocycles. The maximum atomic E-state index is 9.23. The van der Waals surface area contributed by atoms with Crippen LogP contribution in [0.1, 0.15) is 30.9 Å². The largest absolute Gasteiger partial charge is 0.508 e. The standard InChI is InChI=1S/C15H16O2.C2H4O2.H3N/c1-11(13-4-8-15(17)9-5-13)10-12-2-6-14(16)7-3-12;1-2(3)4;/h2-9,11,16-17H,10H2,1H3;1H3,(H,3,4);1H3. The predicted molar refractivity (Wildman–Crippen MR) is 86.7 cm³/mol. The van der Waals surface area contributed by atoms with E-state index in [1.165, 1.54) is 11.1 Å². The third-order valence-electron chi connectivity index (χ3n) is 2.94. The van der Waals surface area contributed by atoms with Crippen molar-refractivity contribution in [1.29, 1.82) is 0 Å². The second kappa shape index (κ2) is 9.41. The normalized spacial score (nSPS) is 10.6. The van der Waals surface area contributed by atoms with E-state index >= 15 is 0 Å². The number of aromatic hydroxyl groups is 2. The Hall–Kier alpha value is -2.53. The van der Waals surface area contributed by atoms with Crippen LogP contribution in [0, 0.1) is 0 Å². The Morgan fingerprint density at radius 1 is 0.955 bits per heavy atom. The summed E-state index contributed by atoms with van der Waals surface area (Å²) in [7, 11) is 0. The van der Waals surface area contributed by atoms with Crippen LogP contribution < -0.4 is 6.15 Å². The van der Waals surface area contributed by atoms with Gasteiger partial charge in [-0.25, -0.2) is 0 Å². The third-order valence-corrected chi connectivity index (χ3v) is 2.94. The number of hydrogen-bond acceptors (Lipinski definition) is 4. The fourth-order valence-corrected chi connectivity index (χ4v) is 1.91. The van der Waals surface area contributed by atoms with Gasteiger partial charge in [-0.2, -0.15) is 0 Å². The van der Waals surface area contributed by atoms with Crippen LogP contribution in [-0.2, 0) is 11.2 Å². The summed E-state index contributed by atoms with van der Waals surface area (Å²) in [6.45, 7) is 3.24. The molecule has 0 heterocycles. The molecule has 0 amide bonds. The molecule has 0 fully saturated rings. The minimum Gasteiger partial charge on any atom is -0.508 e. The lowest BCUT2D eigenvalue weighted by atomic mass is 9.94. The Morgan fingerprint density at radius 3 is 1.73 bits per heavy atom. The molecule has 1 atom stereocenters. The molecule has 5 nitrogen and oxygen atoms in total. The summed E-state index contributed by atoms with van der Waals surface area (Å²) in [6.07, 6.45) is 0.922. The van der Waals surface area contributed by atoms with E-state index in [0.717, 1.165) is 13.3 Å². The van der Waals surface area contributed by atoms with Gasteiger partial charge in [0.05, 0.1) is 0 Å². The van der Waals surface area contributed by atoms with E-state index in [0.29, 0.717) is 17.4 Å². The third kappa shape index (κ3) is 7.31. The number of hydrogen-bond donors (Lipinski definition) is 4. The van der Waals surface area contributed by atoms with Gasteiger partial charge in [0.15, 0.2) is 0 Å². The number of rotatable bonds is 3. The summed E-state index contributed by atoms with van der Waals surface area (Å²) < 4.78 is 0. The van der Waals surface area contributed by atoms with Crippen molar-refractivity contribution in [3.05, 3.63) is 59.7 Å². The van der Waals surface area contributed by atoms with Crippen molar-refractivity contribution >= 4 is 5.97 Å². The van der Waals surface area contributed by atoms with Crippen LogP contribution in [-0.4, -0.2) is 21.3 Å². The van der Waals surface area contributed by atoms with Gasteiger partial charge in [-0.15, -0.1) is 0 Å². The Bertz CT molecular complexity index is 560. The summed E-state index contributed by atoms with van der Waals surface area (Å²) in [4.78, 5) is 9.00. The van der Waals surface area contributed by atoms with Crippen molar-refractivity contribution in [2.24, 2.45) is 0 Å². The van der Waals surface area contributed by atoms with E-state index in [9.17, 15) is 10.2 Å². The Balaban J connectivity index is 0.000000791. The van der Waals surface area contributed by atoms with E-state index in [1.807, 2.05) is 24.3 Å². The SMILES string of the molecule is CC(=O)O.CC(Cc1ccc(O)cc1)c1ccc(O)cc1.N. The van der Waals surface area contributed by atoms with Crippen molar-refractivity contribution in [1.82, 2.24) is 6.15 Å². The maximum Gasteiger partial charge on any atom is 0.300 e. The molecule has 0 aromatic heterocycles. The molecule has 0 aliphatic rings. The highest BCUT2D eigenvalue weighted by molar-refractivity contribution is 5.62. The van der Waals surface area contributed by atoms with Gasteiger partial charge in [0.1, 0.15) is 11.5 Å². The van der Waals surface area contributed by atoms with Crippen molar-refractivity contribution in [2.75, 3.05) is 0 Å². The summed E-state index contributed by atoms with van der Waals surface area (Å²) in [5, 5.41) is 25.9. The molecule has 2 aromatic rings. The zero-order valence-corrected chi connectivity index (χ0v) is 12.9. The molecular weight excluding hydrogens is 282 g/mol. The molecular formula is C17H23NO4. The number of carboxylic acids is 1. The molecule has 0 spiro atoms. The molecule has 6 N–H and O–H groups in total. The lowest BCUT2D eigenvalue weighted by molar-refractivity contribution is -0.134. The first kappa shape index (κ1) is 19.5. The molecule has 0 radical (unpaired) electrons. The Morgan fingerprint density at radius 2 is 1.32 bits per heavy atom. The summed E-state index contributed by atoms with van der Waals surface area (Å²) in [5.74, 6) is 0.150. The highest BCUT2D eigenvalue weighted by Crippen LogP contribution is 2.23. The van der Waals surface area contributed by atoms with Crippen LogP contribution in [0.5, 0.6) is 11.5 Å². The van der Waals surface area contributed by atoms with Crippen molar-refractivity contribution in [3.63, 3.8) is 0 Å². The van der Waals surface area contributed by atoms with Crippen LogP contribution in [0.3, 0.4) is 0 Å². The highest BCUT2D eigenvalue weighted by atomic mass is 16.4. The maximum absolute atomic E-state index is 9.23. The first-order valence-electron chi connectivity index (χ1n) is 6.65. The number of phenols is 2. The molecule has 0 aliphatic carbocycles. The average Bonchev–Trinajstić information content (AvgIpc) is 2.41. The number of phenolic OH excluding ortho intramolecular Hbond substituents is 2. The number of benzene rings is 2. The van der Waals surface area contributed by atoms with Gasteiger partial charge in [0.25, 0.3) is 5.97 Å². The van der Waals surface area contributed by atoms with Gasteiger partial charge in [-0.3, -0.25) is 4.79 Å². The van der Waals surface area contributed by atoms with Crippen LogP contribution in [0.25, 0.3) is 0 Å². The van der Waals surface area contributed by atoms with Gasteiger partial charge in [0, 0.05) is 6.92 Å². The quantitative estimate of drug-likeness (QED) is 0.690. The number of carbonyl (C=O) groups is 1. The Labute approximate surface area is 130 Å². The molecule has 2 rings (SSSR count). The molecule has 0 bridgehead atoms. The van der Waals surface area contributed by atoms with Crippen LogP contribution >= 0.6 is 0 Å². The zero-order valence-electron chi connectivity index (χ0n) is 12.9. The molecule has 5 heteroatoms. The van der Waals surface area contributed by atoms with E-state index in [-0.39, 0.29) is 6.15 Å². The van der Waals surface area contributed by atoms with Gasteiger partial charge < -0.3 is 21.5 Å². The predicted octanol–water partition coefficient (Wildman–Crippen LogP) is 3.70. The fraction of sp³-hybridized carbons (Fsp3) is 0.235. The monoisotopic (exact) mass is 305 g/mol. The number of aliphatic carboxylic acids is 1. The molecule has 2 aromatic carbocycles. The molecule has 22 heavy (non-hydrogen) atoms. The number of carboxylic acid groups (broad SMARTS) is 1. The topological polar surface area (TPSA) is 113 Å². The summed E-state index contributed by atoms with van der Waals surface area (Å²) in [6, 6.07) is 14.6. The van der Waals surface area contributed by atoms with Crippen molar-refractivity contribution in [3.8, 4) is 11.5 Å². The first-order valence-corrected chi connectivity index (χ1v) is 6.65. The highest BCUT2D eigenvalue weighted by Gasteiger charge is 2.06. The molecule has 0 aliphatic heterocycles. The van der Waals surface area contributed by atoms with Gasteiger partial charge in [-0.1, -0.05) is 31.2 Å². The molecule has 120 valence electrons. The Kier molecular flexibility index (Phi) is 8.33.